The molecule has 0 amide bonds. The number of nitrogens with zero attached hydrogens (tertiary/aromatic N) is 2. The van der Waals surface area contributed by atoms with Crippen LogP contribution in [0.2, 0.25) is 5.02 Å². The minimum Gasteiger partial charge on any atom is -0.312 e. The van der Waals surface area contributed by atoms with E-state index in [4.69, 9.17) is 11.6 Å². The molecule has 0 aliphatic heterocycles. The van der Waals surface area contributed by atoms with Crippen molar-refractivity contribution >= 4 is 17.1 Å². The Kier molecular flexibility index (Phi) is 4.23. The van der Waals surface area contributed by atoms with Gasteiger partial charge in [0.2, 0.25) is 0 Å². The smallest absolute Gasteiger partial charge is 0.114 e. The molecule has 0 spiro atoms. The van der Waals surface area contributed by atoms with Crippen LogP contribution in [0.3, 0.4) is 0 Å². The third kappa shape index (κ3) is 3.43. The van der Waals surface area contributed by atoms with E-state index in [0.717, 1.165) is 35.9 Å². The standard InChI is InChI=1S/C17H18ClN3/c1-13-8-14(10-15(18)9-13)11-19-6-5-17-20-12-16-4-2-3-7-21(16)17/h2-4,7-10,12,19H,5-6,11H2,1H3. The number of fused-ring (bicyclic) bond motifs is 1. The van der Waals surface area contributed by atoms with E-state index < -0.39 is 0 Å². The van der Waals surface area contributed by atoms with Gasteiger partial charge in [-0.3, -0.25) is 0 Å². The van der Waals surface area contributed by atoms with Crippen LogP contribution in [0.4, 0.5) is 0 Å². The summed E-state index contributed by atoms with van der Waals surface area (Å²) in [5.74, 6) is 1.08. The Morgan fingerprint density at radius 3 is 3.00 bits per heavy atom. The van der Waals surface area contributed by atoms with E-state index in [9.17, 15) is 0 Å². The van der Waals surface area contributed by atoms with Gasteiger partial charge in [-0.15, -0.1) is 0 Å². The Bertz CT molecular complexity index is 728. The molecule has 0 aliphatic rings. The maximum Gasteiger partial charge on any atom is 0.114 e. The molecule has 0 unspecified atom stereocenters. The first-order chi connectivity index (χ1) is 10.2. The zero-order valence-corrected chi connectivity index (χ0v) is 12.8. The lowest BCUT2D eigenvalue weighted by Crippen LogP contribution is -2.17. The Hall–Kier alpha value is -1.84. The van der Waals surface area contributed by atoms with Crippen LogP contribution in [0, 0.1) is 6.92 Å². The first-order valence-corrected chi connectivity index (χ1v) is 7.48. The quantitative estimate of drug-likeness (QED) is 0.729. The van der Waals surface area contributed by atoms with Gasteiger partial charge in [-0.25, -0.2) is 4.98 Å². The maximum atomic E-state index is 6.07. The van der Waals surface area contributed by atoms with Crippen LogP contribution in [0.5, 0.6) is 0 Å². The number of pyridine rings is 1. The molecule has 1 aromatic carbocycles. The maximum absolute atomic E-state index is 6.07. The number of halogens is 1. The summed E-state index contributed by atoms with van der Waals surface area (Å²) in [5, 5.41) is 4.24. The van der Waals surface area contributed by atoms with Gasteiger partial charge in [0.05, 0.1) is 11.7 Å². The molecule has 2 heterocycles. The van der Waals surface area contributed by atoms with Crippen LogP contribution >= 0.6 is 11.6 Å². The highest BCUT2D eigenvalue weighted by Crippen LogP contribution is 2.14. The zero-order chi connectivity index (χ0) is 14.7. The number of imidazole rings is 1. The van der Waals surface area contributed by atoms with Gasteiger partial charge in [-0.05, 0) is 42.3 Å². The van der Waals surface area contributed by atoms with E-state index in [1.54, 1.807) is 0 Å². The molecule has 21 heavy (non-hydrogen) atoms. The summed E-state index contributed by atoms with van der Waals surface area (Å²) in [6.45, 7) is 3.77. The predicted molar refractivity (Wildman–Crippen MR) is 86.8 cm³/mol. The molecule has 3 aromatic rings. The number of hydrogen-bond donors (Lipinski definition) is 1. The van der Waals surface area contributed by atoms with E-state index in [1.165, 1.54) is 11.1 Å². The van der Waals surface area contributed by atoms with Crippen molar-refractivity contribution in [1.29, 1.82) is 0 Å². The van der Waals surface area contributed by atoms with Crippen molar-refractivity contribution in [3.63, 3.8) is 0 Å². The van der Waals surface area contributed by atoms with E-state index in [2.05, 4.69) is 40.0 Å². The summed E-state index contributed by atoms with van der Waals surface area (Å²) in [7, 11) is 0. The molecule has 0 saturated carbocycles. The molecule has 3 nitrogen and oxygen atoms in total. The van der Waals surface area contributed by atoms with Gasteiger partial charge in [-0.1, -0.05) is 23.7 Å². The number of rotatable bonds is 5. The molecule has 0 saturated heterocycles. The normalized spacial score (nSPS) is 11.1. The van der Waals surface area contributed by atoms with Crippen LogP contribution in [0.1, 0.15) is 17.0 Å². The average molecular weight is 300 g/mol. The van der Waals surface area contributed by atoms with Crippen LogP contribution < -0.4 is 5.32 Å². The first-order valence-electron chi connectivity index (χ1n) is 7.10. The van der Waals surface area contributed by atoms with Crippen molar-refractivity contribution in [2.24, 2.45) is 0 Å². The summed E-state index contributed by atoms with van der Waals surface area (Å²) in [5.41, 5.74) is 3.55. The molecule has 3 rings (SSSR count). The van der Waals surface area contributed by atoms with Crippen LogP contribution in [-0.4, -0.2) is 15.9 Å². The number of aryl methyl sites for hydroxylation is 1. The summed E-state index contributed by atoms with van der Waals surface area (Å²) in [6.07, 6.45) is 4.87. The Morgan fingerprint density at radius 1 is 1.24 bits per heavy atom. The van der Waals surface area contributed by atoms with Gasteiger partial charge in [0.15, 0.2) is 0 Å². The molecule has 0 aliphatic carbocycles. The second-order valence-corrected chi connectivity index (χ2v) is 5.67. The number of aromatic nitrogens is 2. The van der Waals surface area contributed by atoms with Gasteiger partial charge in [0, 0.05) is 30.7 Å². The van der Waals surface area contributed by atoms with Crippen LogP contribution in [0.15, 0.2) is 48.8 Å². The van der Waals surface area contributed by atoms with Crippen molar-refractivity contribution in [2.45, 2.75) is 19.9 Å². The second-order valence-electron chi connectivity index (χ2n) is 5.23. The molecule has 108 valence electrons. The molecule has 0 radical (unpaired) electrons. The highest BCUT2D eigenvalue weighted by molar-refractivity contribution is 6.30. The predicted octanol–water partition coefficient (Wildman–Crippen LogP) is 3.63. The van der Waals surface area contributed by atoms with E-state index in [1.807, 2.05) is 30.5 Å². The van der Waals surface area contributed by atoms with Gasteiger partial charge in [0.1, 0.15) is 5.82 Å². The molecule has 4 heteroatoms. The lowest BCUT2D eigenvalue weighted by Gasteiger charge is -2.06. The second kappa shape index (κ2) is 6.29. The zero-order valence-electron chi connectivity index (χ0n) is 12.0. The Labute approximate surface area is 129 Å². The Balaban J connectivity index is 1.56. The molecule has 2 aromatic heterocycles. The summed E-state index contributed by atoms with van der Waals surface area (Å²) < 4.78 is 2.13. The van der Waals surface area contributed by atoms with Crippen LogP contribution in [-0.2, 0) is 13.0 Å². The molecular weight excluding hydrogens is 282 g/mol. The number of hydrogen-bond acceptors (Lipinski definition) is 2. The number of benzene rings is 1. The minimum atomic E-state index is 0.797. The minimum absolute atomic E-state index is 0.797. The third-order valence-electron chi connectivity index (χ3n) is 3.47. The topological polar surface area (TPSA) is 29.3 Å². The third-order valence-corrected chi connectivity index (χ3v) is 3.69. The van der Waals surface area contributed by atoms with Gasteiger partial charge in [-0.2, -0.15) is 0 Å². The first kappa shape index (κ1) is 14.1. The fraction of sp³-hybridized carbons (Fsp3) is 0.235. The molecule has 0 bridgehead atoms. The summed E-state index contributed by atoms with van der Waals surface area (Å²) in [6, 6.07) is 12.3. The molecule has 0 atom stereocenters. The Morgan fingerprint density at radius 2 is 2.14 bits per heavy atom. The average Bonchev–Trinajstić information content (AvgIpc) is 2.86. The van der Waals surface area contributed by atoms with Gasteiger partial charge >= 0.3 is 0 Å². The largest absolute Gasteiger partial charge is 0.312 e. The van der Waals surface area contributed by atoms with E-state index >= 15 is 0 Å². The molecule has 0 fully saturated rings. The van der Waals surface area contributed by atoms with E-state index in [0.29, 0.717) is 0 Å². The van der Waals surface area contributed by atoms with Crippen molar-refractivity contribution in [3.05, 3.63) is 70.8 Å². The fourth-order valence-electron chi connectivity index (χ4n) is 2.53. The lowest BCUT2D eigenvalue weighted by molar-refractivity contribution is 0.669. The van der Waals surface area contributed by atoms with Gasteiger partial charge < -0.3 is 9.72 Å². The molecule has 1 N–H and O–H groups in total. The van der Waals surface area contributed by atoms with Gasteiger partial charge in [0.25, 0.3) is 0 Å². The summed E-state index contributed by atoms with van der Waals surface area (Å²) in [4.78, 5) is 4.47. The summed E-state index contributed by atoms with van der Waals surface area (Å²) >= 11 is 6.07. The molecular formula is C17H18ClN3. The monoisotopic (exact) mass is 299 g/mol. The number of nitrogens with one attached hydrogen (secondary N) is 1. The van der Waals surface area contributed by atoms with Crippen molar-refractivity contribution in [1.82, 2.24) is 14.7 Å². The lowest BCUT2D eigenvalue weighted by atomic mass is 10.1. The SMILES string of the molecule is Cc1cc(Cl)cc(CNCCc2ncc3ccccn23)c1. The van der Waals surface area contributed by atoms with Crippen molar-refractivity contribution in [2.75, 3.05) is 6.54 Å². The van der Waals surface area contributed by atoms with E-state index in [-0.39, 0.29) is 0 Å². The van der Waals surface area contributed by atoms with Crippen molar-refractivity contribution in [3.8, 4) is 0 Å². The highest BCUT2D eigenvalue weighted by atomic mass is 35.5. The van der Waals surface area contributed by atoms with Crippen LogP contribution in [0.25, 0.3) is 5.52 Å². The highest BCUT2D eigenvalue weighted by Gasteiger charge is 2.02. The fourth-order valence-corrected chi connectivity index (χ4v) is 2.84. The van der Waals surface area contributed by atoms with Crippen molar-refractivity contribution < 1.29 is 0 Å².